The molecule has 1 amide bonds. The van der Waals surface area contributed by atoms with Crippen molar-refractivity contribution in [1.29, 1.82) is 0 Å². The summed E-state index contributed by atoms with van der Waals surface area (Å²) in [6.07, 6.45) is 0.968. The fourth-order valence-corrected chi connectivity index (χ4v) is 3.02. The number of benzene rings is 1. The Morgan fingerprint density at radius 3 is 2.66 bits per heavy atom. The van der Waals surface area contributed by atoms with Gasteiger partial charge in [-0.2, -0.15) is 0 Å². The maximum Gasteiger partial charge on any atom is 0.303 e. The van der Waals surface area contributed by atoms with Crippen molar-refractivity contribution in [2.45, 2.75) is 53.5 Å². The molecule has 0 saturated heterocycles. The average molecular weight is 437 g/mol. The Labute approximate surface area is 188 Å². The number of rotatable bonds is 10. The third-order valence-corrected chi connectivity index (χ3v) is 4.72. The second-order valence-electron chi connectivity index (χ2n) is 7.24. The van der Waals surface area contributed by atoms with Crippen LogP contribution in [-0.4, -0.2) is 28.6 Å². The first kappa shape index (κ1) is 24.6. The van der Waals surface area contributed by atoms with Crippen LogP contribution in [-0.2, 0) is 29.0 Å². The molecule has 1 heterocycles. The minimum Gasteiger partial charge on any atom is -0.493 e. The molecule has 7 heteroatoms. The van der Waals surface area contributed by atoms with E-state index in [2.05, 4.69) is 34.0 Å². The fourth-order valence-electron chi connectivity index (χ4n) is 3.02. The van der Waals surface area contributed by atoms with Crippen LogP contribution in [0.3, 0.4) is 0 Å². The lowest BCUT2D eigenvalue weighted by Gasteiger charge is -2.14. The Bertz CT molecular complexity index is 1080. The molecule has 168 valence electrons. The van der Waals surface area contributed by atoms with E-state index in [1.165, 1.54) is 0 Å². The predicted octanol–water partition coefficient (Wildman–Crippen LogP) is 3.21. The molecule has 2 aromatic rings. The first-order valence-electron chi connectivity index (χ1n) is 10.4. The molecule has 7 nitrogen and oxygen atoms in total. The summed E-state index contributed by atoms with van der Waals surface area (Å²) in [6, 6.07) is 5.48. The third-order valence-electron chi connectivity index (χ3n) is 4.72. The van der Waals surface area contributed by atoms with Crippen molar-refractivity contribution in [2.75, 3.05) is 6.61 Å². The van der Waals surface area contributed by atoms with Crippen molar-refractivity contribution in [1.82, 2.24) is 10.3 Å². The number of amides is 1. The van der Waals surface area contributed by atoms with Gasteiger partial charge in [-0.05, 0) is 62.3 Å². The van der Waals surface area contributed by atoms with Gasteiger partial charge in [-0.15, -0.1) is 0 Å². The summed E-state index contributed by atoms with van der Waals surface area (Å²) < 4.78 is 11.3. The van der Waals surface area contributed by atoms with Gasteiger partial charge in [0.1, 0.15) is 11.5 Å². The number of aromatic nitrogens is 1. The molecule has 0 aliphatic rings. The second kappa shape index (κ2) is 12.2. The maximum atomic E-state index is 12.3. The number of carbonyl (C=O) groups excluding carboxylic acids is 1. The van der Waals surface area contributed by atoms with Crippen LogP contribution in [0.2, 0.25) is 0 Å². The molecule has 32 heavy (non-hydrogen) atoms. The summed E-state index contributed by atoms with van der Waals surface area (Å²) in [5.74, 6) is 11.1. The standard InChI is InChI=1S/C25H28N2O5/c1-5-6-7-8-17(2)25(30)26-16-21-15-22(11-9-20(21)10-12-24(28)29)31-14-13-23-18(3)32-19(4)27-23/h9,11,15,17H,10,12-14,16H2,1-4H3,(H,26,30)(H,28,29). The zero-order valence-electron chi connectivity index (χ0n) is 18.9. The lowest BCUT2D eigenvalue weighted by molar-refractivity contribution is -0.137. The average Bonchev–Trinajstić information content (AvgIpc) is 3.07. The van der Waals surface area contributed by atoms with Gasteiger partial charge < -0.3 is 19.6 Å². The molecule has 1 aromatic carbocycles. The van der Waals surface area contributed by atoms with E-state index in [0.717, 1.165) is 22.6 Å². The predicted molar refractivity (Wildman–Crippen MR) is 120 cm³/mol. The van der Waals surface area contributed by atoms with Crippen LogP contribution in [0, 0.1) is 43.4 Å². The van der Waals surface area contributed by atoms with Gasteiger partial charge in [0.25, 0.3) is 0 Å². The quantitative estimate of drug-likeness (QED) is 0.555. The number of nitrogens with zero attached hydrogens (tertiary/aromatic N) is 1. The summed E-state index contributed by atoms with van der Waals surface area (Å²) in [6.45, 7) is 7.72. The summed E-state index contributed by atoms with van der Waals surface area (Å²) in [5.41, 5.74) is 2.51. The van der Waals surface area contributed by atoms with E-state index >= 15 is 0 Å². The summed E-state index contributed by atoms with van der Waals surface area (Å²) in [5, 5.41) is 11.9. The molecule has 2 N–H and O–H groups in total. The number of carbonyl (C=O) groups is 2. The van der Waals surface area contributed by atoms with Gasteiger partial charge in [-0.1, -0.05) is 17.9 Å². The topological polar surface area (TPSA) is 102 Å². The number of aryl methyl sites for hydroxylation is 3. The first-order chi connectivity index (χ1) is 15.3. The van der Waals surface area contributed by atoms with Gasteiger partial charge >= 0.3 is 5.97 Å². The number of carboxylic acid groups (broad SMARTS) is 1. The van der Waals surface area contributed by atoms with E-state index < -0.39 is 11.9 Å². The van der Waals surface area contributed by atoms with Crippen LogP contribution in [0.25, 0.3) is 0 Å². The Balaban J connectivity index is 2.06. The van der Waals surface area contributed by atoms with Gasteiger partial charge in [-0.3, -0.25) is 9.59 Å². The van der Waals surface area contributed by atoms with Crippen molar-refractivity contribution in [3.63, 3.8) is 0 Å². The summed E-state index contributed by atoms with van der Waals surface area (Å²) in [7, 11) is 0. The van der Waals surface area contributed by atoms with Crippen LogP contribution >= 0.6 is 0 Å². The highest BCUT2D eigenvalue weighted by Crippen LogP contribution is 2.20. The minimum atomic E-state index is -0.875. The SMILES string of the molecule is CC#CC#CC(C)C(=O)NCc1cc(OCCc2nc(C)oc2C)ccc1CCC(=O)O. The Morgan fingerprint density at radius 1 is 1.22 bits per heavy atom. The molecular weight excluding hydrogens is 408 g/mol. The highest BCUT2D eigenvalue weighted by molar-refractivity contribution is 5.81. The molecular formula is C25H28N2O5. The van der Waals surface area contributed by atoms with Crippen molar-refractivity contribution in [3.8, 4) is 29.4 Å². The summed E-state index contributed by atoms with van der Waals surface area (Å²) >= 11 is 0. The Kier molecular flexibility index (Phi) is 9.38. The van der Waals surface area contributed by atoms with Crippen molar-refractivity contribution < 1.29 is 23.8 Å². The second-order valence-corrected chi connectivity index (χ2v) is 7.24. The molecule has 0 aliphatic heterocycles. The van der Waals surface area contributed by atoms with Crippen LogP contribution in [0.1, 0.15) is 48.7 Å². The molecule has 1 unspecified atom stereocenters. The largest absolute Gasteiger partial charge is 0.493 e. The van der Waals surface area contributed by atoms with Crippen LogP contribution in [0.5, 0.6) is 5.75 Å². The van der Waals surface area contributed by atoms with Crippen molar-refractivity contribution >= 4 is 11.9 Å². The van der Waals surface area contributed by atoms with Crippen LogP contribution in [0.15, 0.2) is 22.6 Å². The Hall–Kier alpha value is -3.71. The Morgan fingerprint density at radius 2 is 2.00 bits per heavy atom. The van der Waals surface area contributed by atoms with E-state index in [-0.39, 0.29) is 18.9 Å². The molecule has 0 bridgehead atoms. The molecule has 0 spiro atoms. The zero-order chi connectivity index (χ0) is 23.5. The number of hydrogen-bond acceptors (Lipinski definition) is 5. The monoisotopic (exact) mass is 436 g/mol. The van der Waals surface area contributed by atoms with E-state index in [4.69, 9.17) is 14.3 Å². The highest BCUT2D eigenvalue weighted by atomic mass is 16.5. The number of hydrogen-bond donors (Lipinski definition) is 2. The molecule has 0 aliphatic carbocycles. The van der Waals surface area contributed by atoms with E-state index in [1.807, 2.05) is 19.1 Å². The molecule has 1 aromatic heterocycles. The van der Waals surface area contributed by atoms with E-state index in [9.17, 15) is 9.59 Å². The van der Waals surface area contributed by atoms with Crippen LogP contribution < -0.4 is 10.1 Å². The first-order valence-corrected chi connectivity index (χ1v) is 10.4. The number of aliphatic carboxylic acids is 1. The lowest BCUT2D eigenvalue weighted by Crippen LogP contribution is -2.28. The number of nitrogens with one attached hydrogen (secondary N) is 1. The minimum absolute atomic E-state index is 0.00347. The van der Waals surface area contributed by atoms with Gasteiger partial charge in [0.05, 0.1) is 18.2 Å². The van der Waals surface area contributed by atoms with Gasteiger partial charge in [0, 0.05) is 26.3 Å². The molecule has 1 atom stereocenters. The molecule has 0 fully saturated rings. The number of carboxylic acids is 1. The van der Waals surface area contributed by atoms with Crippen molar-refractivity contribution in [2.24, 2.45) is 5.92 Å². The highest BCUT2D eigenvalue weighted by Gasteiger charge is 2.13. The van der Waals surface area contributed by atoms with E-state index in [1.54, 1.807) is 26.8 Å². The molecule has 2 rings (SSSR count). The zero-order valence-corrected chi connectivity index (χ0v) is 18.9. The normalized spacial score (nSPS) is 10.9. The third kappa shape index (κ3) is 7.85. The van der Waals surface area contributed by atoms with Crippen molar-refractivity contribution in [3.05, 3.63) is 46.7 Å². The fraction of sp³-hybridized carbons (Fsp3) is 0.400. The number of oxazole rings is 1. The van der Waals surface area contributed by atoms with Gasteiger partial charge in [-0.25, -0.2) is 4.98 Å². The van der Waals surface area contributed by atoms with E-state index in [0.29, 0.717) is 31.1 Å². The van der Waals surface area contributed by atoms with Gasteiger partial charge in [0.15, 0.2) is 5.89 Å². The summed E-state index contributed by atoms with van der Waals surface area (Å²) in [4.78, 5) is 27.7. The maximum absolute atomic E-state index is 12.3. The van der Waals surface area contributed by atoms with Gasteiger partial charge in [0.2, 0.25) is 5.91 Å². The van der Waals surface area contributed by atoms with Crippen LogP contribution in [0.4, 0.5) is 0 Å². The molecule has 0 radical (unpaired) electrons. The smallest absolute Gasteiger partial charge is 0.303 e. The lowest BCUT2D eigenvalue weighted by atomic mass is 10.0. The molecule has 0 saturated carbocycles. The number of ether oxygens (including phenoxy) is 1.